The van der Waals surface area contributed by atoms with Gasteiger partial charge in [-0.15, -0.1) is 0 Å². The molecular weight excluding hydrogens is 314 g/mol. The summed E-state index contributed by atoms with van der Waals surface area (Å²) in [5.74, 6) is 0. The molecule has 0 bridgehead atoms. The van der Waals surface area contributed by atoms with E-state index in [9.17, 15) is 13.2 Å². The van der Waals surface area contributed by atoms with E-state index in [2.05, 4.69) is 10.0 Å². The summed E-state index contributed by atoms with van der Waals surface area (Å²) in [4.78, 5) is 13.7. The molecule has 2 amide bonds. The summed E-state index contributed by atoms with van der Waals surface area (Å²) in [7, 11) is -1.60. The number of benzene rings is 2. The summed E-state index contributed by atoms with van der Waals surface area (Å²) in [5, 5.41) is 2.76. The molecule has 0 aliphatic rings. The molecule has 2 aromatic rings. The van der Waals surface area contributed by atoms with Crippen molar-refractivity contribution in [3.05, 3.63) is 60.2 Å². The normalized spacial score (nSPS) is 10.9. The highest BCUT2D eigenvalue weighted by atomic mass is 32.2. The molecule has 2 N–H and O–H groups in total. The maximum absolute atomic E-state index is 12.1. The average Bonchev–Trinajstić information content (AvgIpc) is 2.48. The van der Waals surface area contributed by atoms with E-state index in [4.69, 9.17) is 0 Å². The molecular formula is C16H19N3O3S. The number of sulfonamides is 1. The molecule has 2 aromatic carbocycles. The minimum atomic E-state index is -3.31. The molecule has 7 heteroatoms. The van der Waals surface area contributed by atoms with Crippen LogP contribution < -0.4 is 10.0 Å². The lowest BCUT2D eigenvalue weighted by atomic mass is 10.2. The first-order valence-corrected chi connectivity index (χ1v) is 8.86. The van der Waals surface area contributed by atoms with Gasteiger partial charge in [0.2, 0.25) is 10.0 Å². The van der Waals surface area contributed by atoms with Crippen LogP contribution in [0.15, 0.2) is 54.6 Å². The fourth-order valence-corrected chi connectivity index (χ4v) is 2.55. The van der Waals surface area contributed by atoms with E-state index in [1.165, 1.54) is 0 Å². The SMILES string of the molecule is CN(Cc1ccccc1)C(=O)Nc1ccc(NS(C)(=O)=O)cc1. The third-order valence-electron chi connectivity index (χ3n) is 3.05. The van der Waals surface area contributed by atoms with Crippen molar-refractivity contribution < 1.29 is 13.2 Å². The first-order valence-electron chi connectivity index (χ1n) is 6.97. The number of urea groups is 1. The van der Waals surface area contributed by atoms with Crippen LogP contribution >= 0.6 is 0 Å². The molecule has 0 aliphatic carbocycles. The van der Waals surface area contributed by atoms with E-state index >= 15 is 0 Å². The second kappa shape index (κ2) is 7.15. The maximum atomic E-state index is 12.1. The summed E-state index contributed by atoms with van der Waals surface area (Å²) in [6.07, 6.45) is 1.08. The summed E-state index contributed by atoms with van der Waals surface area (Å²) in [5.41, 5.74) is 2.08. The smallest absolute Gasteiger partial charge is 0.321 e. The monoisotopic (exact) mass is 333 g/mol. The van der Waals surface area contributed by atoms with Crippen LogP contribution in [0.2, 0.25) is 0 Å². The second-order valence-electron chi connectivity index (χ2n) is 5.22. The standard InChI is InChI=1S/C16H19N3O3S/c1-19(12-13-6-4-3-5-7-13)16(20)17-14-8-10-15(11-9-14)18-23(2,21)22/h3-11,18H,12H2,1-2H3,(H,17,20). The maximum Gasteiger partial charge on any atom is 0.321 e. The molecule has 0 atom stereocenters. The molecule has 2 rings (SSSR count). The molecule has 0 radical (unpaired) electrons. The van der Waals surface area contributed by atoms with E-state index < -0.39 is 10.0 Å². The van der Waals surface area contributed by atoms with Crippen LogP contribution in [0.1, 0.15) is 5.56 Å². The van der Waals surface area contributed by atoms with Crippen LogP contribution in [0.3, 0.4) is 0 Å². The quantitative estimate of drug-likeness (QED) is 0.883. The summed E-state index contributed by atoms with van der Waals surface area (Å²) >= 11 is 0. The van der Waals surface area contributed by atoms with Crippen molar-refractivity contribution in [2.24, 2.45) is 0 Å². The van der Waals surface area contributed by atoms with E-state index in [-0.39, 0.29) is 6.03 Å². The Morgan fingerprint density at radius 3 is 2.13 bits per heavy atom. The van der Waals surface area contributed by atoms with Gasteiger partial charge >= 0.3 is 6.03 Å². The Morgan fingerprint density at radius 1 is 1.00 bits per heavy atom. The Morgan fingerprint density at radius 2 is 1.57 bits per heavy atom. The lowest BCUT2D eigenvalue weighted by Gasteiger charge is -2.18. The first kappa shape index (κ1) is 16.8. The number of carbonyl (C=O) groups is 1. The van der Waals surface area contributed by atoms with Crippen LogP contribution in [0.5, 0.6) is 0 Å². The van der Waals surface area contributed by atoms with Crippen LogP contribution in [-0.4, -0.2) is 32.7 Å². The highest BCUT2D eigenvalue weighted by molar-refractivity contribution is 7.92. The lowest BCUT2D eigenvalue weighted by Crippen LogP contribution is -2.30. The number of nitrogens with one attached hydrogen (secondary N) is 2. The van der Waals surface area contributed by atoms with Crippen molar-refractivity contribution in [1.29, 1.82) is 0 Å². The fraction of sp³-hybridized carbons (Fsp3) is 0.188. The number of rotatable bonds is 5. The van der Waals surface area contributed by atoms with Gasteiger partial charge in [0.15, 0.2) is 0 Å². The summed E-state index contributed by atoms with van der Waals surface area (Å²) in [6, 6.07) is 15.9. The number of carbonyl (C=O) groups excluding carboxylic acids is 1. The summed E-state index contributed by atoms with van der Waals surface area (Å²) < 4.78 is 24.6. The van der Waals surface area contributed by atoms with E-state index in [1.807, 2.05) is 30.3 Å². The predicted molar refractivity (Wildman–Crippen MR) is 91.8 cm³/mol. The molecule has 122 valence electrons. The van der Waals surface area contributed by atoms with Crippen molar-refractivity contribution in [2.45, 2.75) is 6.54 Å². The third kappa shape index (κ3) is 5.63. The van der Waals surface area contributed by atoms with Crippen molar-refractivity contribution in [2.75, 3.05) is 23.3 Å². The highest BCUT2D eigenvalue weighted by Crippen LogP contribution is 2.15. The molecule has 0 fully saturated rings. The Balaban J connectivity index is 1.94. The van der Waals surface area contributed by atoms with Crippen molar-refractivity contribution in [3.63, 3.8) is 0 Å². The average molecular weight is 333 g/mol. The van der Waals surface area contributed by atoms with Crippen LogP contribution in [-0.2, 0) is 16.6 Å². The van der Waals surface area contributed by atoms with Gasteiger partial charge in [-0.2, -0.15) is 0 Å². The molecule has 6 nitrogen and oxygen atoms in total. The minimum Gasteiger partial charge on any atom is -0.323 e. The molecule has 0 unspecified atom stereocenters. The number of amides is 2. The van der Waals surface area contributed by atoms with Gasteiger partial charge < -0.3 is 10.2 Å². The van der Waals surface area contributed by atoms with Crippen molar-refractivity contribution in [3.8, 4) is 0 Å². The molecule has 0 aromatic heterocycles. The van der Waals surface area contributed by atoms with Crippen LogP contribution in [0.25, 0.3) is 0 Å². The number of anilines is 2. The van der Waals surface area contributed by atoms with Crippen LogP contribution in [0, 0.1) is 0 Å². The van der Waals surface area contributed by atoms with Gasteiger partial charge in [-0.25, -0.2) is 13.2 Å². The zero-order valence-electron chi connectivity index (χ0n) is 13.0. The Labute approximate surface area is 136 Å². The highest BCUT2D eigenvalue weighted by Gasteiger charge is 2.09. The molecule has 0 aliphatic heterocycles. The Kier molecular flexibility index (Phi) is 5.23. The van der Waals surface area contributed by atoms with Gasteiger partial charge in [0.25, 0.3) is 0 Å². The summed E-state index contributed by atoms with van der Waals surface area (Å²) in [6.45, 7) is 0.500. The zero-order chi connectivity index (χ0) is 16.9. The van der Waals surface area contributed by atoms with E-state index in [0.717, 1.165) is 11.8 Å². The lowest BCUT2D eigenvalue weighted by molar-refractivity contribution is 0.220. The number of hydrogen-bond acceptors (Lipinski definition) is 3. The Bertz CT molecular complexity index is 759. The van der Waals surface area contributed by atoms with E-state index in [1.54, 1.807) is 36.2 Å². The van der Waals surface area contributed by atoms with E-state index in [0.29, 0.717) is 17.9 Å². The molecule has 23 heavy (non-hydrogen) atoms. The molecule has 0 spiro atoms. The van der Waals surface area contributed by atoms with Gasteiger partial charge in [-0.05, 0) is 29.8 Å². The molecule has 0 heterocycles. The third-order valence-corrected chi connectivity index (χ3v) is 3.66. The number of hydrogen-bond donors (Lipinski definition) is 2. The zero-order valence-corrected chi connectivity index (χ0v) is 13.8. The predicted octanol–water partition coefficient (Wildman–Crippen LogP) is 2.72. The van der Waals surface area contributed by atoms with Gasteiger partial charge in [0, 0.05) is 25.0 Å². The minimum absolute atomic E-state index is 0.238. The Hall–Kier alpha value is -2.54. The number of nitrogens with zero attached hydrogens (tertiary/aromatic N) is 1. The van der Waals surface area contributed by atoms with Gasteiger partial charge in [0.05, 0.1) is 6.26 Å². The van der Waals surface area contributed by atoms with Gasteiger partial charge in [-0.3, -0.25) is 4.72 Å². The second-order valence-corrected chi connectivity index (χ2v) is 6.97. The largest absolute Gasteiger partial charge is 0.323 e. The first-order chi connectivity index (χ1) is 10.8. The van der Waals surface area contributed by atoms with Crippen LogP contribution in [0.4, 0.5) is 16.2 Å². The fourth-order valence-electron chi connectivity index (χ4n) is 1.98. The molecule has 0 saturated heterocycles. The van der Waals surface area contributed by atoms with Gasteiger partial charge in [0.1, 0.15) is 0 Å². The topological polar surface area (TPSA) is 78.5 Å². The molecule has 0 saturated carbocycles. The van der Waals surface area contributed by atoms with Gasteiger partial charge in [-0.1, -0.05) is 30.3 Å². The van der Waals surface area contributed by atoms with Crippen molar-refractivity contribution >= 4 is 27.4 Å². The van der Waals surface area contributed by atoms with Crippen molar-refractivity contribution in [1.82, 2.24) is 4.90 Å².